The summed E-state index contributed by atoms with van der Waals surface area (Å²) in [6.07, 6.45) is -2.37. The van der Waals surface area contributed by atoms with Crippen LogP contribution >= 0.6 is 11.3 Å². The van der Waals surface area contributed by atoms with E-state index in [1.165, 1.54) is 11.3 Å². The maximum atomic E-state index is 13.7. The number of hydrogen-bond donors (Lipinski definition) is 2. The van der Waals surface area contributed by atoms with Gasteiger partial charge >= 0.3 is 12.3 Å². The molecule has 246 valence electrons. The number of thiazole rings is 1. The van der Waals surface area contributed by atoms with E-state index in [9.17, 15) is 27.9 Å². The van der Waals surface area contributed by atoms with Crippen LogP contribution in [0, 0.1) is 0 Å². The summed E-state index contributed by atoms with van der Waals surface area (Å²) in [7, 11) is -2.25. The molecule has 1 saturated heterocycles. The standard InChI is InChI=1S/C30H44F3N3O6SSi/c1-28(2,3)24-16-36(15-21-10-9-13-40-21)26(43-24)35-25(37)22-14-19(30(31,32)33)11-12-23(22)41-17-20(34-27(38)39)18-42-44(7,8)29(4,5)6/h11-12,14,16,20-21,34H,9-10,13,15,17-18H2,1-8H3,(H,38,39)/b35-26-/t20-,21-/m1/s1. The third-order valence-electron chi connectivity index (χ3n) is 7.84. The van der Waals surface area contributed by atoms with E-state index in [2.05, 4.69) is 10.3 Å². The Bertz CT molecular complexity index is 1390. The molecule has 0 saturated carbocycles. The summed E-state index contributed by atoms with van der Waals surface area (Å²) in [5, 5.41) is 11.6. The van der Waals surface area contributed by atoms with E-state index in [1.807, 2.05) is 65.4 Å². The van der Waals surface area contributed by atoms with Crippen molar-refractivity contribution < 1.29 is 41.8 Å². The normalized spacial score (nSPS) is 17.5. The van der Waals surface area contributed by atoms with Crippen LogP contribution < -0.4 is 14.9 Å². The smallest absolute Gasteiger partial charge is 0.416 e. The van der Waals surface area contributed by atoms with Gasteiger partial charge in [-0.3, -0.25) is 4.79 Å². The minimum Gasteiger partial charge on any atom is -0.491 e. The molecule has 1 aliphatic rings. The van der Waals surface area contributed by atoms with Crippen LogP contribution in [0.3, 0.4) is 0 Å². The van der Waals surface area contributed by atoms with Gasteiger partial charge in [0.15, 0.2) is 13.1 Å². The fourth-order valence-corrected chi connectivity index (χ4v) is 6.23. The third-order valence-corrected chi connectivity index (χ3v) is 13.8. The number of carbonyl (C=O) groups is 2. The topological polar surface area (TPSA) is 111 Å². The fourth-order valence-electron chi connectivity index (χ4n) is 4.12. The maximum absolute atomic E-state index is 13.7. The predicted octanol–water partition coefficient (Wildman–Crippen LogP) is 6.82. The fraction of sp³-hybridized carbons (Fsp3) is 0.633. The van der Waals surface area contributed by atoms with Crippen molar-refractivity contribution in [2.75, 3.05) is 19.8 Å². The van der Waals surface area contributed by atoms with Crippen molar-refractivity contribution in [3.63, 3.8) is 0 Å². The van der Waals surface area contributed by atoms with E-state index in [0.29, 0.717) is 18.0 Å². The number of nitrogens with one attached hydrogen (secondary N) is 1. The number of carboxylic acid groups (broad SMARTS) is 1. The molecule has 1 aliphatic heterocycles. The Morgan fingerprint density at radius 3 is 2.41 bits per heavy atom. The first-order valence-corrected chi connectivity index (χ1v) is 18.3. The molecule has 0 radical (unpaired) electrons. The summed E-state index contributed by atoms with van der Waals surface area (Å²) in [5.41, 5.74) is -1.66. The Labute approximate surface area is 261 Å². The van der Waals surface area contributed by atoms with E-state index in [1.54, 1.807) is 0 Å². The van der Waals surface area contributed by atoms with E-state index in [0.717, 1.165) is 35.9 Å². The van der Waals surface area contributed by atoms with E-state index >= 15 is 0 Å². The van der Waals surface area contributed by atoms with Crippen molar-refractivity contribution in [3.8, 4) is 5.75 Å². The number of benzene rings is 1. The maximum Gasteiger partial charge on any atom is 0.416 e. The largest absolute Gasteiger partial charge is 0.491 e. The van der Waals surface area contributed by atoms with Crippen LogP contribution in [0.1, 0.15) is 75.2 Å². The monoisotopic (exact) mass is 659 g/mol. The highest BCUT2D eigenvalue weighted by molar-refractivity contribution is 7.09. The van der Waals surface area contributed by atoms with Gasteiger partial charge in [-0.15, -0.1) is 11.3 Å². The molecule has 2 N–H and O–H groups in total. The van der Waals surface area contributed by atoms with Crippen molar-refractivity contribution in [3.05, 3.63) is 45.2 Å². The molecule has 44 heavy (non-hydrogen) atoms. The van der Waals surface area contributed by atoms with Gasteiger partial charge in [0.2, 0.25) is 0 Å². The molecule has 0 aliphatic carbocycles. The summed E-state index contributed by atoms with van der Waals surface area (Å²) in [6, 6.07) is 1.76. The van der Waals surface area contributed by atoms with Gasteiger partial charge in [0.05, 0.1) is 36.4 Å². The average Bonchev–Trinajstić information content (AvgIpc) is 3.54. The van der Waals surface area contributed by atoms with E-state index in [4.69, 9.17) is 13.9 Å². The number of alkyl halides is 3. The molecule has 0 bridgehead atoms. The van der Waals surface area contributed by atoms with Crippen LogP contribution in [0.5, 0.6) is 5.75 Å². The van der Waals surface area contributed by atoms with Gasteiger partial charge in [-0.25, -0.2) is 4.79 Å². The second-order valence-corrected chi connectivity index (χ2v) is 19.4. The van der Waals surface area contributed by atoms with Crippen molar-refractivity contribution in [2.45, 2.75) is 103 Å². The van der Waals surface area contributed by atoms with Gasteiger partial charge in [-0.2, -0.15) is 18.2 Å². The summed E-state index contributed by atoms with van der Waals surface area (Å²) >= 11 is 1.29. The summed E-state index contributed by atoms with van der Waals surface area (Å²) in [4.78, 5) is 30.6. The first kappa shape index (κ1) is 35.8. The minimum absolute atomic E-state index is 0.00883. The minimum atomic E-state index is -4.71. The number of ether oxygens (including phenoxy) is 2. The molecule has 1 fully saturated rings. The highest BCUT2D eigenvalue weighted by Gasteiger charge is 2.38. The molecule has 0 spiro atoms. The van der Waals surface area contributed by atoms with Gasteiger partial charge in [-0.05, 0) is 54.6 Å². The van der Waals surface area contributed by atoms with E-state index < -0.39 is 38.1 Å². The zero-order valence-corrected chi connectivity index (χ0v) is 28.4. The molecular formula is C30H44F3N3O6SSi. The molecule has 2 atom stereocenters. The Balaban J connectivity index is 1.97. The van der Waals surface area contributed by atoms with Crippen molar-refractivity contribution in [2.24, 2.45) is 4.99 Å². The summed E-state index contributed by atoms with van der Waals surface area (Å²) in [5.74, 6) is -1.05. The lowest BCUT2D eigenvalue weighted by Crippen LogP contribution is -2.48. The number of amides is 2. The number of hydrogen-bond acceptors (Lipinski definition) is 6. The summed E-state index contributed by atoms with van der Waals surface area (Å²) in [6.45, 7) is 17.1. The first-order valence-electron chi connectivity index (χ1n) is 14.6. The highest BCUT2D eigenvalue weighted by atomic mass is 32.1. The first-order chi connectivity index (χ1) is 20.2. The van der Waals surface area contributed by atoms with Crippen LogP contribution in [0.4, 0.5) is 18.0 Å². The molecule has 14 heteroatoms. The molecule has 1 aromatic heterocycles. The number of rotatable bonds is 10. The number of aromatic nitrogens is 1. The van der Waals surface area contributed by atoms with Crippen LogP contribution in [0.25, 0.3) is 0 Å². The Kier molecular flexibility index (Phi) is 11.2. The predicted molar refractivity (Wildman–Crippen MR) is 165 cm³/mol. The lowest BCUT2D eigenvalue weighted by molar-refractivity contribution is -0.137. The van der Waals surface area contributed by atoms with Gasteiger partial charge < -0.3 is 28.9 Å². The van der Waals surface area contributed by atoms with Crippen LogP contribution in [-0.4, -0.2) is 62.0 Å². The number of halogens is 3. The Morgan fingerprint density at radius 2 is 1.86 bits per heavy atom. The molecule has 2 amide bonds. The second kappa shape index (κ2) is 13.8. The Morgan fingerprint density at radius 1 is 1.18 bits per heavy atom. The Hall–Kier alpha value is -2.68. The van der Waals surface area contributed by atoms with Gasteiger partial charge in [0, 0.05) is 17.7 Å². The van der Waals surface area contributed by atoms with Gasteiger partial charge in [0.25, 0.3) is 5.91 Å². The molecule has 0 unspecified atom stereocenters. The van der Waals surface area contributed by atoms with Gasteiger partial charge in [0.1, 0.15) is 12.4 Å². The van der Waals surface area contributed by atoms with Crippen LogP contribution in [0.15, 0.2) is 29.4 Å². The average molecular weight is 660 g/mol. The highest BCUT2D eigenvalue weighted by Crippen LogP contribution is 2.37. The van der Waals surface area contributed by atoms with Crippen molar-refractivity contribution in [1.29, 1.82) is 0 Å². The molecule has 9 nitrogen and oxygen atoms in total. The molecule has 3 rings (SSSR count). The second-order valence-electron chi connectivity index (χ2n) is 13.6. The third kappa shape index (κ3) is 9.66. The van der Waals surface area contributed by atoms with Crippen LogP contribution in [-0.2, 0) is 27.3 Å². The molecule has 1 aromatic carbocycles. The molecular weight excluding hydrogens is 615 g/mol. The van der Waals surface area contributed by atoms with Crippen molar-refractivity contribution in [1.82, 2.24) is 9.88 Å². The van der Waals surface area contributed by atoms with Crippen LogP contribution in [0.2, 0.25) is 18.1 Å². The lowest BCUT2D eigenvalue weighted by atomic mass is 9.95. The number of carbonyl (C=O) groups excluding carboxylic acids is 1. The molecule has 2 heterocycles. The lowest BCUT2D eigenvalue weighted by Gasteiger charge is -2.37. The van der Waals surface area contributed by atoms with Gasteiger partial charge in [-0.1, -0.05) is 41.5 Å². The quantitative estimate of drug-likeness (QED) is 0.271. The zero-order chi connectivity index (χ0) is 33.1. The van der Waals surface area contributed by atoms with Crippen molar-refractivity contribution >= 4 is 31.7 Å². The van der Waals surface area contributed by atoms with E-state index in [-0.39, 0.29) is 41.1 Å². The number of nitrogens with zero attached hydrogens (tertiary/aromatic N) is 2. The zero-order valence-electron chi connectivity index (χ0n) is 26.6. The molecule has 2 aromatic rings. The SMILES string of the molecule is CC(C)(C)c1cn(C[C@H]2CCCO2)/c(=N/C(=O)c2cc(C(F)(F)F)ccc2OC[C@H](CO[Si](C)(C)C(C)(C)C)NC(=O)O)s1. The summed E-state index contributed by atoms with van der Waals surface area (Å²) < 4.78 is 60.6.